The van der Waals surface area contributed by atoms with Gasteiger partial charge < -0.3 is 15.1 Å². The predicted molar refractivity (Wildman–Crippen MR) is 107 cm³/mol. The number of amides is 1. The van der Waals surface area contributed by atoms with Crippen LogP contribution >= 0.6 is 12.4 Å². The Labute approximate surface area is 165 Å². The summed E-state index contributed by atoms with van der Waals surface area (Å²) in [5, 5.41) is 6.11. The van der Waals surface area contributed by atoms with Gasteiger partial charge in [-0.2, -0.15) is 0 Å². The van der Waals surface area contributed by atoms with Gasteiger partial charge in [-0.15, -0.1) is 12.4 Å². The Morgan fingerprint density at radius 1 is 1.19 bits per heavy atom. The second-order valence-corrected chi connectivity index (χ2v) is 6.75. The van der Waals surface area contributed by atoms with Crippen molar-refractivity contribution in [2.75, 3.05) is 25.0 Å². The van der Waals surface area contributed by atoms with Crippen LogP contribution in [0.3, 0.4) is 0 Å². The number of anilines is 1. The molecule has 27 heavy (non-hydrogen) atoms. The summed E-state index contributed by atoms with van der Waals surface area (Å²) in [5.74, 6) is 0.455. The maximum atomic E-state index is 13.0. The quantitative estimate of drug-likeness (QED) is 0.744. The Hall–Kier alpha value is -1.89. The minimum Gasteiger partial charge on any atom is -0.468 e. The topological polar surface area (TPSA) is 57.5 Å². The normalized spacial score (nSPS) is 17.0. The van der Waals surface area contributed by atoms with E-state index in [4.69, 9.17) is 4.42 Å². The SMILES string of the molecule is CC(NCC(c1ccco1)N1CCCCC1)C(=O)Nc1ccc(F)cc1.Cl. The zero-order valence-electron chi connectivity index (χ0n) is 15.5. The number of hydrogen-bond donors (Lipinski definition) is 2. The molecule has 5 nitrogen and oxygen atoms in total. The van der Waals surface area contributed by atoms with E-state index in [1.54, 1.807) is 18.4 Å². The molecule has 0 radical (unpaired) electrons. The minimum atomic E-state index is -0.373. The van der Waals surface area contributed by atoms with Gasteiger partial charge in [-0.3, -0.25) is 9.69 Å². The smallest absolute Gasteiger partial charge is 0.241 e. The molecule has 1 aromatic heterocycles. The number of piperidine rings is 1. The summed E-state index contributed by atoms with van der Waals surface area (Å²) in [5.41, 5.74) is 0.587. The lowest BCUT2D eigenvalue weighted by molar-refractivity contribution is -0.117. The summed E-state index contributed by atoms with van der Waals surface area (Å²) in [4.78, 5) is 14.8. The molecule has 3 rings (SSSR count). The number of hydrogen-bond acceptors (Lipinski definition) is 4. The van der Waals surface area contributed by atoms with Crippen molar-refractivity contribution in [1.82, 2.24) is 10.2 Å². The number of carbonyl (C=O) groups excluding carboxylic acids is 1. The van der Waals surface area contributed by atoms with Crippen molar-refractivity contribution in [2.24, 2.45) is 0 Å². The number of nitrogens with one attached hydrogen (secondary N) is 2. The van der Waals surface area contributed by atoms with Crippen LogP contribution in [-0.2, 0) is 4.79 Å². The molecule has 0 spiro atoms. The molecule has 1 saturated heterocycles. The molecular formula is C20H27ClFN3O2. The van der Waals surface area contributed by atoms with Gasteiger partial charge in [0.1, 0.15) is 11.6 Å². The van der Waals surface area contributed by atoms with E-state index in [9.17, 15) is 9.18 Å². The predicted octanol–water partition coefficient (Wildman–Crippen LogP) is 3.98. The fraction of sp³-hybridized carbons (Fsp3) is 0.450. The molecule has 2 heterocycles. The zero-order chi connectivity index (χ0) is 18.4. The van der Waals surface area contributed by atoms with Crippen LogP contribution in [0.5, 0.6) is 0 Å². The van der Waals surface area contributed by atoms with Gasteiger partial charge in [-0.05, 0) is 69.3 Å². The summed E-state index contributed by atoms with van der Waals surface area (Å²) in [6.07, 6.45) is 5.35. The van der Waals surface area contributed by atoms with E-state index in [0.29, 0.717) is 12.2 Å². The van der Waals surface area contributed by atoms with Crippen molar-refractivity contribution >= 4 is 24.0 Å². The molecule has 0 saturated carbocycles. The first-order valence-corrected chi connectivity index (χ1v) is 9.21. The molecule has 7 heteroatoms. The average Bonchev–Trinajstić information content (AvgIpc) is 3.19. The van der Waals surface area contributed by atoms with Gasteiger partial charge in [0.15, 0.2) is 0 Å². The molecule has 2 atom stereocenters. The second-order valence-electron chi connectivity index (χ2n) is 6.75. The molecule has 1 fully saturated rings. The van der Waals surface area contributed by atoms with Gasteiger partial charge >= 0.3 is 0 Å². The molecule has 0 aliphatic carbocycles. The van der Waals surface area contributed by atoms with Gasteiger partial charge in [0, 0.05) is 12.2 Å². The average molecular weight is 396 g/mol. The highest BCUT2D eigenvalue weighted by molar-refractivity contribution is 5.94. The number of furan rings is 1. The highest BCUT2D eigenvalue weighted by Gasteiger charge is 2.25. The van der Waals surface area contributed by atoms with Crippen LogP contribution in [0.1, 0.15) is 38.0 Å². The third-order valence-corrected chi connectivity index (χ3v) is 4.83. The largest absolute Gasteiger partial charge is 0.468 e. The molecule has 1 aromatic carbocycles. The van der Waals surface area contributed by atoms with E-state index < -0.39 is 0 Å². The van der Waals surface area contributed by atoms with Gasteiger partial charge in [0.05, 0.1) is 18.3 Å². The lowest BCUT2D eigenvalue weighted by Gasteiger charge is -2.34. The van der Waals surface area contributed by atoms with Crippen LogP contribution in [0.2, 0.25) is 0 Å². The highest BCUT2D eigenvalue weighted by atomic mass is 35.5. The van der Waals surface area contributed by atoms with Gasteiger partial charge in [0.2, 0.25) is 5.91 Å². The van der Waals surface area contributed by atoms with Crippen molar-refractivity contribution in [1.29, 1.82) is 0 Å². The first-order valence-electron chi connectivity index (χ1n) is 9.21. The summed E-state index contributed by atoms with van der Waals surface area (Å²) < 4.78 is 18.6. The van der Waals surface area contributed by atoms with Crippen LogP contribution in [0.4, 0.5) is 10.1 Å². The van der Waals surface area contributed by atoms with Crippen LogP contribution < -0.4 is 10.6 Å². The van der Waals surface area contributed by atoms with Gasteiger partial charge in [-0.1, -0.05) is 6.42 Å². The molecule has 1 aliphatic rings. The molecule has 148 valence electrons. The highest BCUT2D eigenvalue weighted by Crippen LogP contribution is 2.24. The Balaban J connectivity index is 0.00000261. The van der Waals surface area contributed by atoms with Gasteiger partial charge in [0.25, 0.3) is 0 Å². The number of nitrogens with zero attached hydrogens (tertiary/aromatic N) is 1. The summed E-state index contributed by atoms with van der Waals surface area (Å²) in [7, 11) is 0. The van der Waals surface area contributed by atoms with E-state index in [0.717, 1.165) is 18.8 Å². The van der Waals surface area contributed by atoms with E-state index >= 15 is 0 Å². The fourth-order valence-corrected chi connectivity index (χ4v) is 3.29. The minimum absolute atomic E-state index is 0. The Bertz CT molecular complexity index is 688. The number of benzene rings is 1. The lowest BCUT2D eigenvalue weighted by Crippen LogP contribution is -2.44. The van der Waals surface area contributed by atoms with E-state index in [-0.39, 0.29) is 36.2 Å². The van der Waals surface area contributed by atoms with Crippen LogP contribution in [-0.4, -0.2) is 36.5 Å². The first-order chi connectivity index (χ1) is 12.6. The zero-order valence-corrected chi connectivity index (χ0v) is 16.3. The monoisotopic (exact) mass is 395 g/mol. The van der Waals surface area contributed by atoms with Gasteiger partial charge in [-0.25, -0.2) is 4.39 Å². The molecule has 1 aliphatic heterocycles. The van der Waals surface area contributed by atoms with Crippen molar-refractivity contribution in [3.05, 3.63) is 54.2 Å². The Morgan fingerprint density at radius 3 is 2.52 bits per heavy atom. The Kier molecular flexibility index (Phi) is 8.28. The van der Waals surface area contributed by atoms with Crippen LogP contribution in [0.15, 0.2) is 47.1 Å². The van der Waals surface area contributed by atoms with Crippen LogP contribution in [0.25, 0.3) is 0 Å². The maximum absolute atomic E-state index is 13.0. The number of carbonyl (C=O) groups is 1. The third kappa shape index (κ3) is 6.06. The third-order valence-electron chi connectivity index (χ3n) is 4.83. The molecular weight excluding hydrogens is 369 g/mol. The van der Waals surface area contributed by atoms with Crippen molar-refractivity contribution in [2.45, 2.75) is 38.3 Å². The van der Waals surface area contributed by atoms with E-state index in [2.05, 4.69) is 15.5 Å². The standard InChI is InChI=1S/C20H26FN3O2.ClH/c1-15(20(25)23-17-9-7-16(21)8-10-17)22-14-18(19-6-5-13-26-19)24-11-3-2-4-12-24;/h5-10,13,15,18,22H,2-4,11-12,14H2,1H3,(H,23,25);1H. The molecule has 1 amide bonds. The molecule has 2 N–H and O–H groups in total. The fourth-order valence-electron chi connectivity index (χ4n) is 3.29. The molecule has 2 unspecified atom stereocenters. The Morgan fingerprint density at radius 2 is 1.89 bits per heavy atom. The first kappa shape index (κ1) is 21.4. The lowest BCUT2D eigenvalue weighted by atomic mass is 10.1. The number of likely N-dealkylation sites (tertiary alicyclic amines) is 1. The summed E-state index contributed by atoms with van der Waals surface area (Å²) in [6.45, 7) is 4.55. The van der Waals surface area contributed by atoms with Crippen molar-refractivity contribution < 1.29 is 13.6 Å². The molecule has 2 aromatic rings. The van der Waals surface area contributed by atoms with E-state index in [1.165, 1.54) is 31.4 Å². The molecule has 0 bridgehead atoms. The maximum Gasteiger partial charge on any atom is 0.241 e. The summed E-state index contributed by atoms with van der Waals surface area (Å²) >= 11 is 0. The van der Waals surface area contributed by atoms with Crippen LogP contribution in [0, 0.1) is 5.82 Å². The number of rotatable bonds is 7. The summed E-state index contributed by atoms with van der Waals surface area (Å²) in [6, 6.07) is 9.40. The van der Waals surface area contributed by atoms with Crippen molar-refractivity contribution in [3.63, 3.8) is 0 Å². The second kappa shape index (κ2) is 10.4. The number of halogens is 2. The van der Waals surface area contributed by atoms with E-state index in [1.807, 2.05) is 19.1 Å². The van der Waals surface area contributed by atoms with Crippen molar-refractivity contribution in [3.8, 4) is 0 Å².